The van der Waals surface area contributed by atoms with Crippen LogP contribution in [0.4, 0.5) is 0 Å². The van der Waals surface area contributed by atoms with Crippen molar-refractivity contribution in [2.75, 3.05) is 0 Å². The number of hydrogen-bond acceptors (Lipinski definition) is 4. The molecule has 2 rings (SSSR count). The fourth-order valence-electron chi connectivity index (χ4n) is 2.54. The summed E-state index contributed by atoms with van der Waals surface area (Å²) in [5.41, 5.74) is 0.0591. The molecular weight excluding hydrogens is 248 g/mol. The molecule has 1 N–H and O–H groups in total. The number of carboxylic acids is 1. The van der Waals surface area contributed by atoms with Crippen LogP contribution < -0.4 is 0 Å². The van der Waals surface area contributed by atoms with E-state index in [1.807, 2.05) is 0 Å². The van der Waals surface area contributed by atoms with Gasteiger partial charge in [0.2, 0.25) is 0 Å². The van der Waals surface area contributed by atoms with Gasteiger partial charge in [0.25, 0.3) is 0 Å². The average molecular weight is 264 g/mol. The topological polar surface area (TPSA) is 74.0 Å². The van der Waals surface area contributed by atoms with Crippen molar-refractivity contribution in [3.63, 3.8) is 0 Å². The Morgan fingerprint density at radius 1 is 1.44 bits per heavy atom. The van der Waals surface area contributed by atoms with E-state index in [-0.39, 0.29) is 11.6 Å². The van der Waals surface area contributed by atoms with Crippen molar-refractivity contribution in [2.45, 2.75) is 44.4 Å². The maximum Gasteiger partial charge on any atom is 0.355 e. The van der Waals surface area contributed by atoms with Gasteiger partial charge in [-0.3, -0.25) is 0 Å². The first-order valence-electron chi connectivity index (χ1n) is 6.30. The van der Waals surface area contributed by atoms with E-state index >= 15 is 0 Å². The molecule has 1 heterocycles. The first-order chi connectivity index (χ1) is 8.72. The Kier molecular flexibility index (Phi) is 4.32. The van der Waals surface area contributed by atoms with Crippen LogP contribution in [-0.4, -0.2) is 16.1 Å². The number of thiazole rings is 1. The summed E-state index contributed by atoms with van der Waals surface area (Å²) in [6, 6.07) is 2.32. The molecule has 0 aromatic carbocycles. The summed E-state index contributed by atoms with van der Waals surface area (Å²) in [6.07, 6.45) is 6.93. The molecule has 1 aliphatic rings. The number of aromatic carboxylic acids is 1. The lowest BCUT2D eigenvalue weighted by molar-refractivity contribution is 0.0691. The van der Waals surface area contributed by atoms with Gasteiger partial charge in [-0.15, -0.1) is 11.3 Å². The Morgan fingerprint density at radius 3 is 2.61 bits per heavy atom. The second kappa shape index (κ2) is 5.96. The largest absolute Gasteiger partial charge is 0.476 e. The van der Waals surface area contributed by atoms with Crippen LogP contribution in [0.25, 0.3) is 0 Å². The summed E-state index contributed by atoms with van der Waals surface area (Å²) in [6.45, 7) is 0. The van der Waals surface area contributed by atoms with Gasteiger partial charge < -0.3 is 5.11 Å². The summed E-state index contributed by atoms with van der Waals surface area (Å²) in [7, 11) is 0. The predicted molar refractivity (Wildman–Crippen MR) is 68.6 cm³/mol. The van der Waals surface area contributed by atoms with E-state index in [1.54, 1.807) is 0 Å². The molecule has 1 saturated carbocycles. The Labute approximate surface area is 110 Å². The second-order valence-corrected chi connectivity index (χ2v) is 5.62. The molecule has 1 aliphatic carbocycles. The van der Waals surface area contributed by atoms with Gasteiger partial charge in [-0.05, 0) is 18.8 Å². The Bertz CT molecular complexity index is 456. The molecule has 5 heteroatoms. The standard InChI is InChI=1S/C13H16N2O2S/c14-7-10(9-5-3-1-2-4-6-9)12-15-11(8-18-12)13(16)17/h8-10H,1-6H2,(H,16,17). The lowest BCUT2D eigenvalue weighted by Gasteiger charge is -2.17. The van der Waals surface area contributed by atoms with E-state index in [2.05, 4.69) is 11.1 Å². The highest BCUT2D eigenvalue weighted by Gasteiger charge is 2.27. The van der Waals surface area contributed by atoms with Gasteiger partial charge in [-0.25, -0.2) is 9.78 Å². The van der Waals surface area contributed by atoms with E-state index in [0.717, 1.165) is 12.8 Å². The fraction of sp³-hybridized carbons (Fsp3) is 0.615. The minimum Gasteiger partial charge on any atom is -0.476 e. The number of nitrogens with zero attached hydrogens (tertiary/aromatic N) is 2. The third-order valence-corrected chi connectivity index (χ3v) is 4.45. The molecule has 0 bridgehead atoms. The van der Waals surface area contributed by atoms with Gasteiger partial charge in [0.15, 0.2) is 5.69 Å². The summed E-state index contributed by atoms with van der Waals surface area (Å²) in [4.78, 5) is 14.9. The van der Waals surface area contributed by atoms with Crippen molar-refractivity contribution < 1.29 is 9.90 Å². The highest BCUT2D eigenvalue weighted by molar-refractivity contribution is 7.10. The zero-order valence-corrected chi connectivity index (χ0v) is 10.9. The molecule has 1 aromatic heterocycles. The lowest BCUT2D eigenvalue weighted by Crippen LogP contribution is -2.11. The van der Waals surface area contributed by atoms with Crippen LogP contribution in [-0.2, 0) is 0 Å². The summed E-state index contributed by atoms with van der Waals surface area (Å²) in [5.74, 6) is -0.915. The van der Waals surface area contributed by atoms with E-state index in [0.29, 0.717) is 10.9 Å². The monoisotopic (exact) mass is 264 g/mol. The number of nitriles is 1. The molecule has 0 aliphatic heterocycles. The Morgan fingerprint density at radius 2 is 2.11 bits per heavy atom. The maximum absolute atomic E-state index is 10.8. The van der Waals surface area contributed by atoms with Crippen molar-refractivity contribution in [3.8, 4) is 6.07 Å². The molecule has 1 atom stereocenters. The van der Waals surface area contributed by atoms with Crippen molar-refractivity contribution >= 4 is 17.3 Å². The Hall–Kier alpha value is -1.41. The third-order valence-electron chi connectivity index (χ3n) is 3.52. The summed E-state index contributed by atoms with van der Waals surface area (Å²) in [5, 5.41) is 20.4. The molecule has 0 radical (unpaired) electrons. The first kappa shape index (κ1) is 13.0. The fourth-order valence-corrected chi connectivity index (χ4v) is 3.46. The zero-order valence-electron chi connectivity index (χ0n) is 10.1. The van der Waals surface area contributed by atoms with Crippen molar-refractivity contribution in [1.82, 2.24) is 4.98 Å². The second-order valence-electron chi connectivity index (χ2n) is 4.73. The third kappa shape index (κ3) is 2.88. The van der Waals surface area contributed by atoms with Gasteiger partial charge in [0, 0.05) is 5.38 Å². The number of rotatable bonds is 3. The van der Waals surface area contributed by atoms with Crippen LogP contribution in [0.15, 0.2) is 5.38 Å². The number of hydrogen-bond donors (Lipinski definition) is 1. The van der Waals surface area contributed by atoms with E-state index < -0.39 is 5.97 Å². The smallest absolute Gasteiger partial charge is 0.355 e. The normalized spacial score (nSPS) is 18.8. The van der Waals surface area contributed by atoms with Gasteiger partial charge in [0.05, 0.1) is 6.07 Å². The number of carboxylic acid groups (broad SMARTS) is 1. The van der Waals surface area contributed by atoms with Crippen LogP contribution in [0, 0.1) is 17.2 Å². The predicted octanol–water partition coefficient (Wildman–Crippen LogP) is 3.42. The highest BCUT2D eigenvalue weighted by atomic mass is 32.1. The van der Waals surface area contributed by atoms with Crippen molar-refractivity contribution in [2.24, 2.45) is 5.92 Å². The highest BCUT2D eigenvalue weighted by Crippen LogP contribution is 2.35. The molecule has 96 valence electrons. The van der Waals surface area contributed by atoms with Crippen molar-refractivity contribution in [1.29, 1.82) is 5.26 Å². The van der Waals surface area contributed by atoms with E-state index in [1.165, 1.54) is 42.4 Å². The molecule has 0 amide bonds. The molecule has 1 unspecified atom stereocenters. The molecular formula is C13H16N2O2S. The molecule has 4 nitrogen and oxygen atoms in total. The molecule has 1 fully saturated rings. The summed E-state index contributed by atoms with van der Waals surface area (Å²) >= 11 is 1.30. The van der Waals surface area contributed by atoms with Crippen LogP contribution in [0.2, 0.25) is 0 Å². The average Bonchev–Trinajstić information content (AvgIpc) is 2.68. The van der Waals surface area contributed by atoms with Gasteiger partial charge >= 0.3 is 5.97 Å². The molecule has 0 spiro atoms. The van der Waals surface area contributed by atoms with Crippen LogP contribution in [0.3, 0.4) is 0 Å². The van der Waals surface area contributed by atoms with Gasteiger partial charge in [-0.1, -0.05) is 25.7 Å². The van der Waals surface area contributed by atoms with Crippen LogP contribution in [0.1, 0.15) is 59.9 Å². The minimum absolute atomic E-state index is 0.0591. The number of aromatic nitrogens is 1. The summed E-state index contributed by atoms with van der Waals surface area (Å²) < 4.78 is 0. The lowest BCUT2D eigenvalue weighted by atomic mass is 9.87. The maximum atomic E-state index is 10.8. The Balaban J connectivity index is 2.16. The van der Waals surface area contributed by atoms with Crippen LogP contribution in [0.5, 0.6) is 0 Å². The minimum atomic E-state index is -1.02. The number of carbonyl (C=O) groups is 1. The zero-order chi connectivity index (χ0) is 13.0. The molecule has 18 heavy (non-hydrogen) atoms. The van der Waals surface area contributed by atoms with Gasteiger partial charge in [0.1, 0.15) is 10.9 Å². The van der Waals surface area contributed by atoms with E-state index in [9.17, 15) is 10.1 Å². The molecule has 1 aromatic rings. The first-order valence-corrected chi connectivity index (χ1v) is 7.18. The molecule has 0 saturated heterocycles. The van der Waals surface area contributed by atoms with Crippen LogP contribution >= 0.6 is 11.3 Å². The van der Waals surface area contributed by atoms with Crippen molar-refractivity contribution in [3.05, 3.63) is 16.1 Å². The van der Waals surface area contributed by atoms with Gasteiger partial charge in [-0.2, -0.15) is 5.26 Å². The quantitative estimate of drug-likeness (QED) is 0.849. The van der Waals surface area contributed by atoms with E-state index in [4.69, 9.17) is 5.11 Å². The SMILES string of the molecule is N#CC(c1nc(C(=O)O)cs1)C1CCCCCC1.